The number of nitrogens with zero attached hydrogens (tertiary/aromatic N) is 5. The Labute approximate surface area is 124 Å². The van der Waals surface area contributed by atoms with Crippen molar-refractivity contribution in [1.29, 1.82) is 0 Å². The Morgan fingerprint density at radius 2 is 2.33 bits per heavy atom. The second kappa shape index (κ2) is 5.95. The van der Waals surface area contributed by atoms with Crippen LogP contribution >= 0.6 is 0 Å². The number of methoxy groups -OCH3 is 1. The fourth-order valence-corrected chi connectivity index (χ4v) is 2.93. The SMILES string of the molecule is CO[C@@H]1C[C@@H](c2n[nH]c(C)n2)N(CCc2cnn(C)c2)C1. The van der Waals surface area contributed by atoms with Crippen LogP contribution in [0.1, 0.15) is 29.7 Å². The smallest absolute Gasteiger partial charge is 0.167 e. The number of likely N-dealkylation sites (tertiary alicyclic amines) is 1. The molecule has 0 aliphatic carbocycles. The highest BCUT2D eigenvalue weighted by Gasteiger charge is 2.35. The lowest BCUT2D eigenvalue weighted by molar-refractivity contribution is 0.108. The van der Waals surface area contributed by atoms with Crippen molar-refractivity contribution in [2.75, 3.05) is 20.2 Å². The quantitative estimate of drug-likeness (QED) is 0.884. The molecule has 0 spiro atoms. The zero-order chi connectivity index (χ0) is 14.8. The van der Waals surface area contributed by atoms with E-state index in [-0.39, 0.29) is 12.1 Å². The maximum Gasteiger partial charge on any atom is 0.167 e. The standard InChI is InChI=1S/C14H22N6O/c1-10-16-14(18-17-10)13-6-12(21-3)9-20(13)5-4-11-7-15-19(2)8-11/h7-8,12-13H,4-6,9H2,1-3H3,(H,16,17,18)/t12-,13+/m1/s1. The van der Waals surface area contributed by atoms with Crippen LogP contribution in [0.3, 0.4) is 0 Å². The number of H-pyrrole nitrogens is 1. The molecule has 7 nitrogen and oxygen atoms in total. The van der Waals surface area contributed by atoms with Crippen LogP contribution in [0.15, 0.2) is 12.4 Å². The zero-order valence-electron chi connectivity index (χ0n) is 12.8. The molecule has 21 heavy (non-hydrogen) atoms. The average Bonchev–Trinajstić information content (AvgIpc) is 3.16. The number of rotatable bonds is 5. The van der Waals surface area contributed by atoms with E-state index in [2.05, 4.69) is 31.4 Å². The predicted molar refractivity (Wildman–Crippen MR) is 77.8 cm³/mol. The van der Waals surface area contributed by atoms with Gasteiger partial charge in [0.2, 0.25) is 0 Å². The van der Waals surface area contributed by atoms with Crippen molar-refractivity contribution < 1.29 is 4.74 Å². The summed E-state index contributed by atoms with van der Waals surface area (Å²) < 4.78 is 7.37. The first kappa shape index (κ1) is 14.2. The Morgan fingerprint density at radius 3 is 2.95 bits per heavy atom. The minimum absolute atomic E-state index is 0.233. The second-order valence-electron chi connectivity index (χ2n) is 5.66. The largest absolute Gasteiger partial charge is 0.380 e. The maximum absolute atomic E-state index is 5.53. The molecular weight excluding hydrogens is 268 g/mol. The van der Waals surface area contributed by atoms with Gasteiger partial charge < -0.3 is 4.74 Å². The fraction of sp³-hybridized carbons (Fsp3) is 0.643. The van der Waals surface area contributed by atoms with Gasteiger partial charge in [0.15, 0.2) is 5.82 Å². The van der Waals surface area contributed by atoms with Gasteiger partial charge in [-0.3, -0.25) is 14.7 Å². The third kappa shape index (κ3) is 3.14. The monoisotopic (exact) mass is 290 g/mol. The Kier molecular flexibility index (Phi) is 4.03. The Balaban J connectivity index is 1.68. The third-order valence-electron chi connectivity index (χ3n) is 4.06. The summed E-state index contributed by atoms with van der Waals surface area (Å²) in [7, 11) is 3.72. The van der Waals surface area contributed by atoms with Gasteiger partial charge in [-0.15, -0.1) is 0 Å². The van der Waals surface area contributed by atoms with Gasteiger partial charge in [0.05, 0.1) is 18.3 Å². The van der Waals surface area contributed by atoms with Crippen molar-refractivity contribution in [1.82, 2.24) is 29.9 Å². The first-order valence-corrected chi connectivity index (χ1v) is 7.29. The van der Waals surface area contributed by atoms with Gasteiger partial charge >= 0.3 is 0 Å². The third-order valence-corrected chi connectivity index (χ3v) is 4.06. The molecule has 1 aliphatic heterocycles. The van der Waals surface area contributed by atoms with Crippen molar-refractivity contribution in [3.05, 3.63) is 29.6 Å². The summed E-state index contributed by atoms with van der Waals surface area (Å²) in [5.74, 6) is 1.73. The van der Waals surface area contributed by atoms with Gasteiger partial charge in [0, 0.05) is 33.4 Å². The molecule has 0 saturated carbocycles. The van der Waals surface area contributed by atoms with Crippen molar-refractivity contribution in [3.8, 4) is 0 Å². The van der Waals surface area contributed by atoms with Gasteiger partial charge in [0.1, 0.15) is 5.82 Å². The van der Waals surface area contributed by atoms with Crippen LogP contribution in [0.5, 0.6) is 0 Å². The molecule has 1 N–H and O–H groups in total. The molecule has 1 fully saturated rings. The number of aromatic amines is 1. The van der Waals surface area contributed by atoms with Gasteiger partial charge in [-0.25, -0.2) is 4.98 Å². The summed E-state index contributed by atoms with van der Waals surface area (Å²) in [6.07, 6.45) is 6.17. The normalized spacial score (nSPS) is 23.0. The van der Waals surface area contributed by atoms with Crippen LogP contribution in [0, 0.1) is 6.92 Å². The van der Waals surface area contributed by atoms with Crippen LogP contribution in [0.2, 0.25) is 0 Å². The molecule has 0 bridgehead atoms. The summed E-state index contributed by atoms with van der Waals surface area (Å²) in [4.78, 5) is 6.90. The lowest BCUT2D eigenvalue weighted by atomic mass is 10.2. The van der Waals surface area contributed by atoms with E-state index in [1.165, 1.54) is 5.56 Å². The van der Waals surface area contributed by atoms with Gasteiger partial charge in [-0.2, -0.15) is 10.2 Å². The molecule has 0 aromatic carbocycles. The van der Waals surface area contributed by atoms with Crippen LogP contribution in [0.4, 0.5) is 0 Å². The maximum atomic E-state index is 5.53. The Morgan fingerprint density at radius 1 is 1.48 bits per heavy atom. The van der Waals surface area contributed by atoms with E-state index < -0.39 is 0 Å². The molecule has 7 heteroatoms. The highest BCUT2D eigenvalue weighted by molar-refractivity contribution is 5.06. The van der Waals surface area contributed by atoms with Crippen molar-refractivity contribution in [2.45, 2.75) is 31.9 Å². The fourth-order valence-electron chi connectivity index (χ4n) is 2.93. The zero-order valence-corrected chi connectivity index (χ0v) is 12.8. The number of hydrogen-bond acceptors (Lipinski definition) is 5. The van der Waals surface area contributed by atoms with E-state index in [0.29, 0.717) is 0 Å². The first-order valence-electron chi connectivity index (χ1n) is 7.29. The van der Waals surface area contributed by atoms with E-state index in [9.17, 15) is 0 Å². The van der Waals surface area contributed by atoms with E-state index >= 15 is 0 Å². The topological polar surface area (TPSA) is 71.9 Å². The summed E-state index contributed by atoms with van der Waals surface area (Å²) in [6, 6.07) is 0.233. The van der Waals surface area contributed by atoms with Gasteiger partial charge in [0.25, 0.3) is 0 Å². The first-order chi connectivity index (χ1) is 10.2. The van der Waals surface area contributed by atoms with E-state index in [0.717, 1.165) is 37.6 Å². The summed E-state index contributed by atoms with van der Waals surface area (Å²) in [5, 5.41) is 11.5. The van der Waals surface area contributed by atoms with Crippen LogP contribution in [-0.2, 0) is 18.2 Å². The molecule has 1 aliphatic rings. The summed E-state index contributed by atoms with van der Waals surface area (Å²) >= 11 is 0. The molecule has 2 aromatic heterocycles. The summed E-state index contributed by atoms with van der Waals surface area (Å²) in [5.41, 5.74) is 1.25. The molecule has 3 heterocycles. The van der Waals surface area contributed by atoms with Crippen LogP contribution in [-0.4, -0.2) is 56.2 Å². The molecule has 114 valence electrons. The van der Waals surface area contributed by atoms with Crippen molar-refractivity contribution in [2.24, 2.45) is 7.05 Å². The molecule has 0 radical (unpaired) electrons. The van der Waals surface area contributed by atoms with E-state index in [1.54, 1.807) is 7.11 Å². The summed E-state index contributed by atoms with van der Waals surface area (Å²) in [6.45, 7) is 3.82. The molecule has 0 unspecified atom stereocenters. The second-order valence-corrected chi connectivity index (χ2v) is 5.66. The van der Waals surface area contributed by atoms with Crippen LogP contribution < -0.4 is 0 Å². The number of hydrogen-bond donors (Lipinski definition) is 1. The lowest BCUT2D eigenvalue weighted by Gasteiger charge is -2.21. The van der Waals surface area contributed by atoms with Crippen molar-refractivity contribution in [3.63, 3.8) is 0 Å². The lowest BCUT2D eigenvalue weighted by Crippen LogP contribution is -2.28. The van der Waals surface area contributed by atoms with Gasteiger partial charge in [-0.1, -0.05) is 0 Å². The Bertz CT molecular complexity index is 592. The minimum Gasteiger partial charge on any atom is -0.380 e. The van der Waals surface area contributed by atoms with Crippen molar-refractivity contribution >= 4 is 0 Å². The Hall–Kier alpha value is -1.73. The number of nitrogens with one attached hydrogen (secondary N) is 1. The number of aromatic nitrogens is 5. The minimum atomic E-state index is 0.233. The number of ether oxygens (including phenoxy) is 1. The molecular formula is C14H22N6O. The predicted octanol–water partition coefficient (Wildman–Crippen LogP) is 0.851. The number of aryl methyl sites for hydroxylation is 2. The highest BCUT2D eigenvalue weighted by atomic mass is 16.5. The van der Waals surface area contributed by atoms with Gasteiger partial charge in [-0.05, 0) is 25.3 Å². The molecule has 0 amide bonds. The molecule has 3 rings (SSSR count). The molecule has 1 saturated heterocycles. The van der Waals surface area contributed by atoms with Crippen LogP contribution in [0.25, 0.3) is 0 Å². The highest BCUT2D eigenvalue weighted by Crippen LogP contribution is 2.31. The molecule has 2 aromatic rings. The molecule has 2 atom stereocenters. The average molecular weight is 290 g/mol. The van der Waals surface area contributed by atoms with E-state index in [4.69, 9.17) is 4.74 Å². The van der Waals surface area contributed by atoms with E-state index in [1.807, 2.05) is 24.9 Å².